The van der Waals surface area contributed by atoms with E-state index in [0.717, 1.165) is 37.9 Å². The van der Waals surface area contributed by atoms with E-state index in [1.807, 2.05) is 11.8 Å². The van der Waals surface area contributed by atoms with Gasteiger partial charge in [-0.25, -0.2) is 4.79 Å². The standard InChI is InChI=1S/C22H30ClN3O5/c1-14-11-18(19(30-3)12-17(14)23)24-20(27)15(2)31-21(28)16-7-6-10-26(13-16)22(29)25-8-4-5-9-25/h11-12,15-16H,4-10,13H2,1-3H3,(H,24,27)/t15-,16+/m0/s1. The van der Waals surface area contributed by atoms with Gasteiger partial charge >= 0.3 is 12.0 Å². The summed E-state index contributed by atoms with van der Waals surface area (Å²) in [7, 11) is 1.48. The summed E-state index contributed by atoms with van der Waals surface area (Å²) in [6.45, 7) is 5.86. The van der Waals surface area contributed by atoms with Crippen LogP contribution in [0, 0.1) is 12.8 Å². The van der Waals surface area contributed by atoms with Crippen molar-refractivity contribution in [3.63, 3.8) is 0 Å². The summed E-state index contributed by atoms with van der Waals surface area (Å²) in [6, 6.07) is 3.32. The molecule has 9 heteroatoms. The Hall–Kier alpha value is -2.48. The van der Waals surface area contributed by atoms with Gasteiger partial charge in [-0.1, -0.05) is 11.6 Å². The first-order valence-electron chi connectivity index (χ1n) is 10.7. The van der Waals surface area contributed by atoms with Crippen molar-refractivity contribution in [1.29, 1.82) is 0 Å². The average molecular weight is 452 g/mol. The molecule has 0 spiro atoms. The number of hydrogen-bond donors (Lipinski definition) is 1. The van der Waals surface area contributed by atoms with Crippen LogP contribution in [0.4, 0.5) is 10.5 Å². The molecule has 2 aliphatic heterocycles. The van der Waals surface area contributed by atoms with Crippen LogP contribution >= 0.6 is 11.6 Å². The molecule has 1 N–H and O–H groups in total. The Morgan fingerprint density at radius 3 is 2.48 bits per heavy atom. The predicted molar refractivity (Wildman–Crippen MR) is 117 cm³/mol. The number of amides is 3. The number of esters is 1. The molecule has 170 valence electrons. The molecule has 1 aromatic carbocycles. The Bertz CT molecular complexity index is 841. The smallest absolute Gasteiger partial charge is 0.320 e. The highest BCUT2D eigenvalue weighted by molar-refractivity contribution is 6.31. The van der Waals surface area contributed by atoms with Crippen LogP contribution in [0.15, 0.2) is 12.1 Å². The van der Waals surface area contributed by atoms with E-state index in [1.165, 1.54) is 14.0 Å². The van der Waals surface area contributed by atoms with Crippen molar-refractivity contribution in [2.75, 3.05) is 38.6 Å². The quantitative estimate of drug-likeness (QED) is 0.692. The van der Waals surface area contributed by atoms with Crippen LogP contribution in [-0.2, 0) is 14.3 Å². The number of carbonyl (C=O) groups is 3. The summed E-state index contributed by atoms with van der Waals surface area (Å²) in [5.74, 6) is -0.927. The maximum atomic E-state index is 12.7. The van der Waals surface area contributed by atoms with Gasteiger partial charge in [0.05, 0.1) is 18.7 Å². The van der Waals surface area contributed by atoms with Gasteiger partial charge < -0.3 is 24.6 Å². The van der Waals surface area contributed by atoms with Gasteiger partial charge in [0.2, 0.25) is 0 Å². The fourth-order valence-corrected chi connectivity index (χ4v) is 4.09. The molecule has 3 rings (SSSR count). The Morgan fingerprint density at radius 1 is 1.13 bits per heavy atom. The third-order valence-electron chi connectivity index (χ3n) is 5.80. The molecule has 0 unspecified atom stereocenters. The highest BCUT2D eigenvalue weighted by Gasteiger charge is 2.33. The van der Waals surface area contributed by atoms with E-state index < -0.39 is 23.9 Å². The second kappa shape index (κ2) is 10.2. The first-order chi connectivity index (χ1) is 14.8. The average Bonchev–Trinajstić information content (AvgIpc) is 3.30. The minimum absolute atomic E-state index is 0.00834. The molecule has 8 nitrogen and oxygen atoms in total. The number of nitrogens with one attached hydrogen (secondary N) is 1. The number of piperidine rings is 1. The van der Waals surface area contributed by atoms with E-state index in [2.05, 4.69) is 5.32 Å². The second-order valence-corrected chi connectivity index (χ2v) is 8.54. The molecule has 0 aromatic heterocycles. The Kier molecular flexibility index (Phi) is 7.64. The van der Waals surface area contributed by atoms with E-state index >= 15 is 0 Å². The van der Waals surface area contributed by atoms with Gasteiger partial charge in [-0.3, -0.25) is 9.59 Å². The molecular formula is C22H30ClN3O5. The van der Waals surface area contributed by atoms with Crippen molar-refractivity contribution < 1.29 is 23.9 Å². The van der Waals surface area contributed by atoms with Gasteiger partial charge in [0.1, 0.15) is 5.75 Å². The zero-order valence-corrected chi connectivity index (χ0v) is 19.0. The fraction of sp³-hybridized carbons (Fsp3) is 0.591. The third kappa shape index (κ3) is 5.61. The Balaban J connectivity index is 1.56. The van der Waals surface area contributed by atoms with E-state index in [1.54, 1.807) is 17.0 Å². The van der Waals surface area contributed by atoms with Gasteiger partial charge in [0, 0.05) is 37.3 Å². The maximum absolute atomic E-state index is 12.7. The topological polar surface area (TPSA) is 88.2 Å². The van der Waals surface area contributed by atoms with Crippen LogP contribution in [0.25, 0.3) is 0 Å². The first kappa shape index (κ1) is 23.2. The van der Waals surface area contributed by atoms with Crippen molar-refractivity contribution in [1.82, 2.24) is 9.80 Å². The number of urea groups is 1. The van der Waals surface area contributed by atoms with Gasteiger partial charge in [0.15, 0.2) is 6.10 Å². The van der Waals surface area contributed by atoms with Crippen molar-refractivity contribution >= 4 is 35.2 Å². The lowest BCUT2D eigenvalue weighted by Gasteiger charge is -2.34. The molecule has 2 fully saturated rings. The van der Waals surface area contributed by atoms with Crippen LogP contribution in [0.1, 0.15) is 38.2 Å². The van der Waals surface area contributed by atoms with Crippen LogP contribution in [0.2, 0.25) is 5.02 Å². The van der Waals surface area contributed by atoms with E-state index in [0.29, 0.717) is 36.0 Å². The van der Waals surface area contributed by atoms with E-state index in [9.17, 15) is 14.4 Å². The van der Waals surface area contributed by atoms with Crippen LogP contribution < -0.4 is 10.1 Å². The normalized spacial score (nSPS) is 19.7. The predicted octanol–water partition coefficient (Wildman–Crippen LogP) is 3.46. The van der Waals surface area contributed by atoms with Gasteiger partial charge in [-0.05, 0) is 51.2 Å². The zero-order valence-electron chi connectivity index (χ0n) is 18.3. The lowest BCUT2D eigenvalue weighted by Crippen LogP contribution is -2.48. The SMILES string of the molecule is COc1cc(Cl)c(C)cc1NC(=O)[C@H](C)OC(=O)[C@@H]1CCCN(C(=O)N2CCCC2)C1. The number of rotatable bonds is 5. The zero-order chi connectivity index (χ0) is 22.5. The second-order valence-electron chi connectivity index (χ2n) is 8.13. The van der Waals surface area contributed by atoms with Gasteiger partial charge in [0.25, 0.3) is 5.91 Å². The summed E-state index contributed by atoms with van der Waals surface area (Å²) >= 11 is 6.10. The number of aryl methyl sites for hydroxylation is 1. The molecule has 2 aliphatic rings. The molecule has 2 atom stereocenters. The molecule has 1 aromatic rings. The van der Waals surface area contributed by atoms with Crippen molar-refractivity contribution in [3.8, 4) is 5.75 Å². The highest BCUT2D eigenvalue weighted by Crippen LogP contribution is 2.31. The summed E-state index contributed by atoms with van der Waals surface area (Å²) in [5.41, 5.74) is 1.24. The van der Waals surface area contributed by atoms with E-state index in [-0.39, 0.29) is 6.03 Å². The number of hydrogen-bond acceptors (Lipinski definition) is 5. The monoisotopic (exact) mass is 451 g/mol. The summed E-state index contributed by atoms with van der Waals surface area (Å²) < 4.78 is 10.7. The third-order valence-corrected chi connectivity index (χ3v) is 6.21. The van der Waals surface area contributed by atoms with Crippen LogP contribution in [0.5, 0.6) is 5.75 Å². The molecule has 0 bridgehead atoms. The molecule has 2 heterocycles. The minimum atomic E-state index is -0.988. The van der Waals surface area contributed by atoms with Crippen molar-refractivity contribution in [2.24, 2.45) is 5.92 Å². The van der Waals surface area contributed by atoms with Crippen LogP contribution in [0.3, 0.4) is 0 Å². The first-order valence-corrected chi connectivity index (χ1v) is 11.1. The largest absolute Gasteiger partial charge is 0.495 e. The van der Waals surface area contributed by atoms with Crippen molar-refractivity contribution in [3.05, 3.63) is 22.7 Å². The lowest BCUT2D eigenvalue weighted by molar-refractivity contribution is -0.158. The number of methoxy groups -OCH3 is 1. The van der Waals surface area contributed by atoms with E-state index in [4.69, 9.17) is 21.1 Å². The lowest BCUT2D eigenvalue weighted by atomic mass is 9.98. The number of halogens is 1. The number of ether oxygens (including phenoxy) is 2. The Labute approximate surface area is 187 Å². The fourth-order valence-electron chi connectivity index (χ4n) is 3.94. The summed E-state index contributed by atoms with van der Waals surface area (Å²) in [5, 5.41) is 3.26. The molecule has 0 radical (unpaired) electrons. The number of benzene rings is 1. The highest BCUT2D eigenvalue weighted by atomic mass is 35.5. The summed E-state index contributed by atoms with van der Waals surface area (Å²) in [6.07, 6.45) is 2.44. The minimum Gasteiger partial charge on any atom is -0.495 e. The molecule has 0 saturated carbocycles. The van der Waals surface area contributed by atoms with Gasteiger partial charge in [-0.2, -0.15) is 0 Å². The molecule has 31 heavy (non-hydrogen) atoms. The number of anilines is 1. The van der Waals surface area contributed by atoms with Crippen molar-refractivity contribution in [2.45, 2.75) is 45.6 Å². The molecule has 0 aliphatic carbocycles. The number of likely N-dealkylation sites (tertiary alicyclic amines) is 2. The summed E-state index contributed by atoms with van der Waals surface area (Å²) in [4.78, 5) is 41.5. The number of nitrogens with zero attached hydrogens (tertiary/aromatic N) is 2. The molecule has 3 amide bonds. The molecule has 2 saturated heterocycles. The maximum Gasteiger partial charge on any atom is 0.320 e. The number of carbonyl (C=O) groups excluding carboxylic acids is 3. The Morgan fingerprint density at radius 2 is 1.81 bits per heavy atom. The van der Waals surface area contributed by atoms with Gasteiger partial charge in [-0.15, -0.1) is 0 Å². The van der Waals surface area contributed by atoms with Crippen LogP contribution in [-0.4, -0.2) is 67.1 Å². The molecular weight excluding hydrogens is 422 g/mol.